The van der Waals surface area contributed by atoms with Gasteiger partial charge in [-0.05, 0) is 37.9 Å². The molecule has 0 bridgehead atoms. The first-order valence-corrected chi connectivity index (χ1v) is 4.53. The molecule has 1 N–H and O–H groups in total. The van der Waals surface area contributed by atoms with Gasteiger partial charge in [-0.1, -0.05) is 24.3 Å². The van der Waals surface area contributed by atoms with E-state index in [2.05, 4.69) is 43.4 Å². The minimum absolute atomic E-state index is 0.162. The number of hydrogen-bond acceptors (Lipinski definition) is 1. The molecule has 12 heavy (non-hydrogen) atoms. The van der Waals surface area contributed by atoms with Crippen LogP contribution in [0.4, 0.5) is 0 Å². The number of nitrogens with one attached hydrogen (secondary N) is 1. The Morgan fingerprint density at radius 2 is 2.00 bits per heavy atom. The van der Waals surface area contributed by atoms with E-state index in [9.17, 15) is 0 Å². The van der Waals surface area contributed by atoms with Crippen LogP contribution in [-0.2, 0) is 12.0 Å². The fourth-order valence-electron chi connectivity index (χ4n) is 1.95. The van der Waals surface area contributed by atoms with E-state index in [4.69, 9.17) is 0 Å². The Bertz CT molecular complexity index is 289. The van der Waals surface area contributed by atoms with Crippen LogP contribution in [0.25, 0.3) is 0 Å². The van der Waals surface area contributed by atoms with Crippen LogP contribution in [-0.4, -0.2) is 6.54 Å². The van der Waals surface area contributed by atoms with Crippen molar-refractivity contribution in [3.05, 3.63) is 35.4 Å². The van der Waals surface area contributed by atoms with E-state index in [0.29, 0.717) is 0 Å². The molecule has 0 saturated heterocycles. The minimum Gasteiger partial charge on any atom is -0.307 e. The summed E-state index contributed by atoms with van der Waals surface area (Å²) in [6, 6.07) is 8.70. The summed E-state index contributed by atoms with van der Waals surface area (Å²) >= 11 is 0. The molecular formula is C11H15N. The molecule has 0 spiro atoms. The van der Waals surface area contributed by atoms with Crippen molar-refractivity contribution in [1.29, 1.82) is 0 Å². The van der Waals surface area contributed by atoms with E-state index in [1.807, 2.05) is 0 Å². The van der Waals surface area contributed by atoms with Crippen molar-refractivity contribution < 1.29 is 0 Å². The molecule has 1 heteroatoms. The normalized spacial score (nSPS) is 20.2. The van der Waals surface area contributed by atoms with E-state index in [1.54, 1.807) is 0 Å². The van der Waals surface area contributed by atoms with Gasteiger partial charge in [-0.3, -0.25) is 0 Å². The highest BCUT2D eigenvalue weighted by Crippen LogP contribution is 2.27. The maximum atomic E-state index is 3.51. The van der Waals surface area contributed by atoms with Gasteiger partial charge >= 0.3 is 0 Å². The molecule has 64 valence electrons. The zero-order valence-corrected chi connectivity index (χ0v) is 7.72. The van der Waals surface area contributed by atoms with Crippen molar-refractivity contribution in [2.75, 3.05) is 6.54 Å². The lowest BCUT2D eigenvalue weighted by atomic mass is 9.85. The molecule has 2 rings (SSSR count). The second-order valence-corrected chi connectivity index (χ2v) is 3.96. The van der Waals surface area contributed by atoms with E-state index in [1.165, 1.54) is 17.5 Å². The molecule has 1 aliphatic rings. The van der Waals surface area contributed by atoms with Gasteiger partial charge in [0, 0.05) is 5.54 Å². The Balaban J connectivity index is 2.52. The molecule has 1 heterocycles. The minimum atomic E-state index is 0.162. The number of fused-ring (bicyclic) bond motifs is 1. The molecular weight excluding hydrogens is 146 g/mol. The van der Waals surface area contributed by atoms with Gasteiger partial charge in [0.25, 0.3) is 0 Å². The Labute approximate surface area is 73.8 Å². The molecule has 1 aliphatic heterocycles. The summed E-state index contributed by atoms with van der Waals surface area (Å²) in [5.41, 5.74) is 3.12. The molecule has 0 saturated carbocycles. The smallest absolute Gasteiger partial charge is 0.0380 e. The van der Waals surface area contributed by atoms with Crippen LogP contribution in [0.15, 0.2) is 24.3 Å². The molecule has 1 aromatic carbocycles. The average Bonchev–Trinajstić information content (AvgIpc) is 2.04. The van der Waals surface area contributed by atoms with E-state index >= 15 is 0 Å². The molecule has 0 aromatic heterocycles. The van der Waals surface area contributed by atoms with Crippen molar-refractivity contribution in [2.45, 2.75) is 25.8 Å². The lowest BCUT2D eigenvalue weighted by Gasteiger charge is -2.33. The zero-order chi connectivity index (χ0) is 8.60. The summed E-state index contributed by atoms with van der Waals surface area (Å²) in [5, 5.41) is 3.51. The van der Waals surface area contributed by atoms with Gasteiger partial charge < -0.3 is 5.32 Å². The average molecular weight is 161 g/mol. The molecule has 1 aromatic rings. The summed E-state index contributed by atoms with van der Waals surface area (Å²) in [7, 11) is 0. The standard InChI is InChI=1S/C11H15N/c1-11(2)10-6-4-3-5-9(10)7-8-12-11/h3-6,12H,7-8H2,1-2H3. The van der Waals surface area contributed by atoms with Crippen LogP contribution in [0, 0.1) is 0 Å². The van der Waals surface area contributed by atoms with Gasteiger partial charge in [0.05, 0.1) is 0 Å². The third-order valence-electron chi connectivity index (χ3n) is 2.65. The number of benzene rings is 1. The zero-order valence-electron chi connectivity index (χ0n) is 7.72. The Morgan fingerprint density at radius 3 is 2.75 bits per heavy atom. The molecule has 0 amide bonds. The first-order valence-electron chi connectivity index (χ1n) is 4.53. The van der Waals surface area contributed by atoms with Crippen LogP contribution in [0.3, 0.4) is 0 Å². The van der Waals surface area contributed by atoms with Gasteiger partial charge in [0.1, 0.15) is 0 Å². The predicted octanol–water partition coefficient (Wildman–Crippen LogP) is 2.07. The Kier molecular flexibility index (Phi) is 1.69. The van der Waals surface area contributed by atoms with Crippen LogP contribution in [0.2, 0.25) is 0 Å². The second-order valence-electron chi connectivity index (χ2n) is 3.96. The van der Waals surface area contributed by atoms with Crippen LogP contribution >= 0.6 is 0 Å². The van der Waals surface area contributed by atoms with Crippen molar-refractivity contribution in [1.82, 2.24) is 5.32 Å². The Morgan fingerprint density at radius 1 is 1.25 bits per heavy atom. The monoisotopic (exact) mass is 161 g/mol. The lowest BCUT2D eigenvalue weighted by molar-refractivity contribution is 0.382. The van der Waals surface area contributed by atoms with E-state index in [-0.39, 0.29) is 5.54 Å². The van der Waals surface area contributed by atoms with Gasteiger partial charge in [0.2, 0.25) is 0 Å². The first kappa shape index (κ1) is 7.81. The summed E-state index contributed by atoms with van der Waals surface area (Å²) in [5.74, 6) is 0. The molecule has 0 fully saturated rings. The van der Waals surface area contributed by atoms with Crippen LogP contribution in [0.1, 0.15) is 25.0 Å². The van der Waals surface area contributed by atoms with Gasteiger partial charge in [0.15, 0.2) is 0 Å². The van der Waals surface area contributed by atoms with Gasteiger partial charge in [-0.25, -0.2) is 0 Å². The fraction of sp³-hybridized carbons (Fsp3) is 0.455. The first-order chi connectivity index (χ1) is 5.70. The van der Waals surface area contributed by atoms with Crippen LogP contribution in [0.5, 0.6) is 0 Å². The topological polar surface area (TPSA) is 12.0 Å². The number of rotatable bonds is 0. The highest BCUT2D eigenvalue weighted by Gasteiger charge is 2.25. The lowest BCUT2D eigenvalue weighted by Crippen LogP contribution is -2.42. The Hall–Kier alpha value is -0.820. The maximum absolute atomic E-state index is 3.51. The summed E-state index contributed by atoms with van der Waals surface area (Å²) in [6.45, 7) is 5.58. The highest BCUT2D eigenvalue weighted by atomic mass is 15.0. The van der Waals surface area contributed by atoms with E-state index in [0.717, 1.165) is 6.54 Å². The molecule has 1 nitrogen and oxygen atoms in total. The molecule has 0 atom stereocenters. The third kappa shape index (κ3) is 1.14. The van der Waals surface area contributed by atoms with Gasteiger partial charge in [-0.2, -0.15) is 0 Å². The highest BCUT2D eigenvalue weighted by molar-refractivity contribution is 5.34. The second kappa shape index (κ2) is 2.60. The summed E-state index contributed by atoms with van der Waals surface area (Å²) < 4.78 is 0. The molecule has 0 aliphatic carbocycles. The van der Waals surface area contributed by atoms with Gasteiger partial charge in [-0.15, -0.1) is 0 Å². The van der Waals surface area contributed by atoms with E-state index < -0.39 is 0 Å². The maximum Gasteiger partial charge on any atom is 0.0380 e. The van der Waals surface area contributed by atoms with Crippen molar-refractivity contribution in [3.8, 4) is 0 Å². The number of hydrogen-bond donors (Lipinski definition) is 1. The summed E-state index contributed by atoms with van der Waals surface area (Å²) in [6.07, 6.45) is 1.17. The predicted molar refractivity (Wildman–Crippen MR) is 51.2 cm³/mol. The van der Waals surface area contributed by atoms with Crippen molar-refractivity contribution in [3.63, 3.8) is 0 Å². The SMILES string of the molecule is CC1(C)NCCc2ccccc21. The largest absolute Gasteiger partial charge is 0.307 e. The van der Waals surface area contributed by atoms with Crippen molar-refractivity contribution >= 4 is 0 Å². The molecule has 0 unspecified atom stereocenters. The quantitative estimate of drug-likeness (QED) is 0.614. The third-order valence-corrected chi connectivity index (χ3v) is 2.65. The van der Waals surface area contributed by atoms with Crippen LogP contribution < -0.4 is 5.32 Å². The summed E-state index contributed by atoms with van der Waals surface area (Å²) in [4.78, 5) is 0. The van der Waals surface area contributed by atoms with Crippen molar-refractivity contribution in [2.24, 2.45) is 0 Å². The fourth-order valence-corrected chi connectivity index (χ4v) is 1.95. The molecule has 0 radical (unpaired) electrons.